The fourth-order valence-corrected chi connectivity index (χ4v) is 1.57. The van der Waals surface area contributed by atoms with Crippen LogP contribution in [0.1, 0.15) is 27.0 Å². The molecule has 96 valence electrons. The van der Waals surface area contributed by atoms with Gasteiger partial charge in [0, 0.05) is 5.88 Å². The van der Waals surface area contributed by atoms with Gasteiger partial charge in [0.05, 0.1) is 23.8 Å². The van der Waals surface area contributed by atoms with Crippen molar-refractivity contribution >= 4 is 17.6 Å². The average molecular weight is 278 g/mol. The van der Waals surface area contributed by atoms with Crippen LogP contribution < -0.4 is 0 Å². The van der Waals surface area contributed by atoms with Gasteiger partial charge >= 0.3 is 12.1 Å². The first-order valence-electron chi connectivity index (χ1n) is 4.63. The van der Waals surface area contributed by atoms with Gasteiger partial charge in [-0.25, -0.2) is 4.79 Å². The lowest BCUT2D eigenvalue weighted by Gasteiger charge is -2.14. The molecule has 0 heterocycles. The molecule has 0 saturated heterocycles. The van der Waals surface area contributed by atoms with Gasteiger partial charge < -0.3 is 4.74 Å². The van der Waals surface area contributed by atoms with Gasteiger partial charge in [-0.15, -0.1) is 11.6 Å². The molecule has 0 N–H and O–H groups in total. The molecule has 3 nitrogen and oxygen atoms in total. The van der Waals surface area contributed by atoms with Crippen LogP contribution in [0.25, 0.3) is 0 Å². The topological polar surface area (TPSA) is 50.1 Å². The standard InChI is InChI=1S/C11H7ClF3NO2/c1-18-10(17)9-7(5-16)2-6(4-12)3-8(9)11(13,14)15/h2-3H,4H2,1H3. The number of hydrogen-bond acceptors (Lipinski definition) is 3. The quantitative estimate of drug-likeness (QED) is 0.616. The normalized spacial score (nSPS) is 10.9. The van der Waals surface area contributed by atoms with E-state index in [0.29, 0.717) is 0 Å². The van der Waals surface area contributed by atoms with Gasteiger partial charge in [-0.2, -0.15) is 18.4 Å². The highest BCUT2D eigenvalue weighted by Crippen LogP contribution is 2.35. The maximum absolute atomic E-state index is 12.8. The molecule has 0 aromatic heterocycles. The van der Waals surface area contributed by atoms with Crippen LogP contribution in [0.3, 0.4) is 0 Å². The Balaban J connectivity index is 3.64. The number of rotatable bonds is 2. The monoisotopic (exact) mass is 277 g/mol. The first kappa shape index (κ1) is 14.3. The number of carbonyl (C=O) groups is 1. The number of nitrogens with zero attached hydrogens (tertiary/aromatic N) is 1. The van der Waals surface area contributed by atoms with Crippen molar-refractivity contribution in [3.05, 3.63) is 34.4 Å². The predicted molar refractivity (Wildman–Crippen MR) is 57.1 cm³/mol. The summed E-state index contributed by atoms with van der Waals surface area (Å²) in [5.41, 5.74) is -2.31. The third kappa shape index (κ3) is 2.74. The second-order valence-corrected chi connectivity index (χ2v) is 3.57. The number of carbonyl (C=O) groups excluding carboxylic acids is 1. The zero-order valence-corrected chi connectivity index (χ0v) is 9.89. The molecule has 0 radical (unpaired) electrons. The van der Waals surface area contributed by atoms with Crippen molar-refractivity contribution in [2.75, 3.05) is 7.11 Å². The van der Waals surface area contributed by atoms with Gasteiger partial charge in [0.2, 0.25) is 0 Å². The molecule has 0 fully saturated rings. The molecule has 1 aromatic rings. The van der Waals surface area contributed by atoms with E-state index in [4.69, 9.17) is 16.9 Å². The minimum Gasteiger partial charge on any atom is -0.465 e. The van der Waals surface area contributed by atoms with E-state index in [2.05, 4.69) is 4.74 Å². The van der Waals surface area contributed by atoms with Crippen LogP contribution in [0.15, 0.2) is 12.1 Å². The largest absolute Gasteiger partial charge is 0.465 e. The number of alkyl halides is 4. The molecule has 1 rings (SSSR count). The van der Waals surface area contributed by atoms with Crippen LogP contribution >= 0.6 is 11.6 Å². The van der Waals surface area contributed by atoms with E-state index >= 15 is 0 Å². The maximum Gasteiger partial charge on any atom is 0.417 e. The zero-order valence-electron chi connectivity index (χ0n) is 9.14. The molecule has 0 atom stereocenters. The molecule has 0 saturated carbocycles. The highest BCUT2D eigenvalue weighted by molar-refractivity contribution is 6.17. The van der Waals surface area contributed by atoms with Crippen molar-refractivity contribution < 1.29 is 22.7 Å². The molecule has 0 aliphatic heterocycles. The minimum atomic E-state index is -4.77. The maximum atomic E-state index is 12.8. The van der Waals surface area contributed by atoms with Gasteiger partial charge in [-0.05, 0) is 17.7 Å². The summed E-state index contributed by atoms with van der Waals surface area (Å²) in [6.07, 6.45) is -4.77. The van der Waals surface area contributed by atoms with Crippen molar-refractivity contribution in [2.24, 2.45) is 0 Å². The van der Waals surface area contributed by atoms with Crippen molar-refractivity contribution in [2.45, 2.75) is 12.1 Å². The summed E-state index contributed by atoms with van der Waals surface area (Å²) in [5.74, 6) is -1.40. The fourth-order valence-electron chi connectivity index (χ4n) is 1.41. The smallest absolute Gasteiger partial charge is 0.417 e. The Morgan fingerprint density at radius 2 is 2.11 bits per heavy atom. The zero-order chi connectivity index (χ0) is 13.9. The molecule has 7 heteroatoms. The van der Waals surface area contributed by atoms with Crippen LogP contribution in [0.5, 0.6) is 0 Å². The second kappa shape index (κ2) is 5.27. The highest BCUT2D eigenvalue weighted by Gasteiger charge is 2.37. The molecule has 0 aliphatic carbocycles. The van der Waals surface area contributed by atoms with Gasteiger partial charge in [0.15, 0.2) is 0 Å². The Labute approximate surface area is 106 Å². The molecule has 1 aromatic carbocycles. The molecular weight excluding hydrogens is 271 g/mol. The van der Waals surface area contributed by atoms with E-state index < -0.39 is 28.8 Å². The Kier molecular flexibility index (Phi) is 4.19. The molecule has 0 bridgehead atoms. The second-order valence-electron chi connectivity index (χ2n) is 3.30. The number of ether oxygens (including phenoxy) is 1. The first-order chi connectivity index (χ1) is 8.35. The lowest BCUT2D eigenvalue weighted by atomic mass is 9.98. The summed E-state index contributed by atoms with van der Waals surface area (Å²) in [7, 11) is 0.944. The van der Waals surface area contributed by atoms with Gasteiger partial charge in [0.1, 0.15) is 6.07 Å². The summed E-state index contributed by atoms with van der Waals surface area (Å²) in [6, 6.07) is 3.41. The summed E-state index contributed by atoms with van der Waals surface area (Å²) in [5, 5.41) is 8.80. The Morgan fingerprint density at radius 1 is 1.50 bits per heavy atom. The Hall–Kier alpha value is -1.74. The number of halogens is 4. The number of nitriles is 1. The molecule has 0 unspecified atom stereocenters. The van der Waals surface area contributed by atoms with Crippen LogP contribution in [-0.4, -0.2) is 13.1 Å². The van der Waals surface area contributed by atoms with E-state index in [9.17, 15) is 18.0 Å². The third-order valence-electron chi connectivity index (χ3n) is 2.17. The number of hydrogen-bond donors (Lipinski definition) is 0. The number of methoxy groups -OCH3 is 1. The Bertz CT molecular complexity index is 520. The molecular formula is C11H7ClF3NO2. The lowest BCUT2D eigenvalue weighted by Crippen LogP contribution is -2.16. The van der Waals surface area contributed by atoms with E-state index in [0.717, 1.165) is 19.2 Å². The average Bonchev–Trinajstić information content (AvgIpc) is 2.34. The Morgan fingerprint density at radius 3 is 2.50 bits per heavy atom. The van der Waals surface area contributed by atoms with Crippen molar-refractivity contribution in [1.82, 2.24) is 0 Å². The number of benzene rings is 1. The van der Waals surface area contributed by atoms with E-state index in [-0.39, 0.29) is 11.4 Å². The highest BCUT2D eigenvalue weighted by atomic mass is 35.5. The van der Waals surface area contributed by atoms with Gasteiger partial charge in [-0.3, -0.25) is 0 Å². The van der Waals surface area contributed by atoms with Gasteiger partial charge in [0.25, 0.3) is 0 Å². The summed E-state index contributed by atoms with van der Waals surface area (Å²) < 4.78 is 42.7. The van der Waals surface area contributed by atoms with Crippen molar-refractivity contribution in [3.63, 3.8) is 0 Å². The van der Waals surface area contributed by atoms with E-state index in [1.165, 1.54) is 6.07 Å². The van der Waals surface area contributed by atoms with Crippen LogP contribution in [0.2, 0.25) is 0 Å². The van der Waals surface area contributed by atoms with Crippen LogP contribution in [-0.2, 0) is 16.8 Å². The molecule has 0 amide bonds. The summed E-state index contributed by atoms with van der Waals surface area (Å²) >= 11 is 5.45. The minimum absolute atomic E-state index is 0.105. The number of esters is 1. The molecule has 0 aliphatic rings. The van der Waals surface area contributed by atoms with E-state index in [1.807, 2.05) is 0 Å². The van der Waals surface area contributed by atoms with Gasteiger partial charge in [-0.1, -0.05) is 0 Å². The van der Waals surface area contributed by atoms with E-state index in [1.54, 1.807) is 0 Å². The predicted octanol–water partition coefficient (Wildman–Crippen LogP) is 3.10. The summed E-state index contributed by atoms with van der Waals surface area (Å²) in [6.45, 7) is 0. The third-order valence-corrected chi connectivity index (χ3v) is 2.48. The SMILES string of the molecule is COC(=O)c1c(C#N)cc(CCl)cc1C(F)(F)F. The van der Waals surface area contributed by atoms with Crippen LogP contribution in [0, 0.1) is 11.3 Å². The molecule has 0 spiro atoms. The fraction of sp³-hybridized carbons (Fsp3) is 0.273. The first-order valence-corrected chi connectivity index (χ1v) is 5.17. The van der Waals surface area contributed by atoms with Crippen molar-refractivity contribution in [1.29, 1.82) is 5.26 Å². The lowest BCUT2D eigenvalue weighted by molar-refractivity contribution is -0.138. The molecule has 18 heavy (non-hydrogen) atoms. The van der Waals surface area contributed by atoms with Crippen molar-refractivity contribution in [3.8, 4) is 6.07 Å². The van der Waals surface area contributed by atoms with Crippen LogP contribution in [0.4, 0.5) is 13.2 Å². The summed E-state index contributed by atoms with van der Waals surface area (Å²) in [4.78, 5) is 11.4.